The molecule has 0 aliphatic heterocycles. The van der Waals surface area contributed by atoms with Gasteiger partial charge in [0.2, 0.25) is 5.28 Å². The molecular formula is C11H8Cl2N2. The van der Waals surface area contributed by atoms with E-state index in [4.69, 9.17) is 23.2 Å². The van der Waals surface area contributed by atoms with Gasteiger partial charge in [-0.2, -0.15) is 0 Å². The van der Waals surface area contributed by atoms with Crippen molar-refractivity contribution >= 4 is 23.2 Å². The number of benzene rings is 1. The number of nitrogens with zero attached hydrogens (tertiary/aromatic N) is 2. The van der Waals surface area contributed by atoms with E-state index in [1.807, 2.05) is 30.3 Å². The average molecular weight is 239 g/mol. The molecule has 0 unspecified atom stereocenters. The highest BCUT2D eigenvalue weighted by Gasteiger charge is 2.02. The van der Waals surface area contributed by atoms with Crippen molar-refractivity contribution in [2.45, 2.75) is 6.42 Å². The van der Waals surface area contributed by atoms with Crippen molar-refractivity contribution in [2.75, 3.05) is 0 Å². The Bertz CT molecular complexity index is 472. The fraction of sp³-hybridized carbons (Fsp3) is 0.0909. The summed E-state index contributed by atoms with van der Waals surface area (Å²) in [4.78, 5) is 7.93. The maximum absolute atomic E-state index is 6.04. The van der Waals surface area contributed by atoms with Gasteiger partial charge in [0.1, 0.15) is 0 Å². The number of aromatic nitrogens is 2. The molecule has 1 aromatic heterocycles. The molecule has 0 N–H and O–H groups in total. The maximum atomic E-state index is 6.04. The van der Waals surface area contributed by atoms with E-state index >= 15 is 0 Å². The summed E-state index contributed by atoms with van der Waals surface area (Å²) in [6.45, 7) is 0. The van der Waals surface area contributed by atoms with Gasteiger partial charge in [-0.05, 0) is 29.3 Å². The zero-order valence-corrected chi connectivity index (χ0v) is 9.33. The second-order valence-electron chi connectivity index (χ2n) is 3.09. The SMILES string of the molecule is Clc1nccc(Cc2ccccc2Cl)n1. The Kier molecular flexibility index (Phi) is 3.19. The second-order valence-corrected chi connectivity index (χ2v) is 3.83. The van der Waals surface area contributed by atoms with Crippen LogP contribution in [-0.4, -0.2) is 9.97 Å². The Labute approximate surface area is 97.9 Å². The zero-order chi connectivity index (χ0) is 10.7. The van der Waals surface area contributed by atoms with Crippen LogP contribution in [0.5, 0.6) is 0 Å². The van der Waals surface area contributed by atoms with E-state index in [0.717, 1.165) is 16.3 Å². The van der Waals surface area contributed by atoms with Crippen molar-refractivity contribution in [3.8, 4) is 0 Å². The first-order valence-electron chi connectivity index (χ1n) is 4.46. The maximum Gasteiger partial charge on any atom is 0.222 e. The van der Waals surface area contributed by atoms with Crippen LogP contribution in [0.4, 0.5) is 0 Å². The molecule has 0 aliphatic carbocycles. The van der Waals surface area contributed by atoms with Crippen molar-refractivity contribution in [1.29, 1.82) is 0 Å². The molecule has 0 aliphatic rings. The lowest BCUT2D eigenvalue weighted by Gasteiger charge is -2.03. The van der Waals surface area contributed by atoms with Crippen molar-refractivity contribution in [3.05, 3.63) is 58.1 Å². The largest absolute Gasteiger partial charge is 0.227 e. The Morgan fingerprint density at radius 3 is 2.60 bits per heavy atom. The molecule has 2 nitrogen and oxygen atoms in total. The minimum atomic E-state index is 0.263. The molecule has 4 heteroatoms. The van der Waals surface area contributed by atoms with Crippen LogP contribution in [0.2, 0.25) is 10.3 Å². The first kappa shape index (κ1) is 10.4. The summed E-state index contributed by atoms with van der Waals surface area (Å²) in [5.41, 5.74) is 1.90. The molecule has 0 saturated carbocycles. The number of hydrogen-bond donors (Lipinski definition) is 0. The molecule has 0 atom stereocenters. The molecule has 2 rings (SSSR count). The highest BCUT2D eigenvalue weighted by atomic mass is 35.5. The van der Waals surface area contributed by atoms with Crippen LogP contribution in [0.3, 0.4) is 0 Å². The predicted molar refractivity (Wildman–Crippen MR) is 61.3 cm³/mol. The van der Waals surface area contributed by atoms with Crippen LogP contribution < -0.4 is 0 Å². The predicted octanol–water partition coefficient (Wildman–Crippen LogP) is 3.37. The van der Waals surface area contributed by atoms with Crippen LogP contribution in [0.1, 0.15) is 11.3 Å². The fourth-order valence-electron chi connectivity index (χ4n) is 1.30. The van der Waals surface area contributed by atoms with E-state index in [0.29, 0.717) is 6.42 Å². The van der Waals surface area contributed by atoms with E-state index in [9.17, 15) is 0 Å². The Hall–Kier alpha value is -1.12. The highest BCUT2D eigenvalue weighted by Crippen LogP contribution is 2.18. The van der Waals surface area contributed by atoms with E-state index in [-0.39, 0.29) is 5.28 Å². The Morgan fingerprint density at radius 2 is 1.87 bits per heavy atom. The van der Waals surface area contributed by atoms with Gasteiger partial charge in [0.05, 0.1) is 0 Å². The lowest BCUT2D eigenvalue weighted by molar-refractivity contribution is 1.03. The summed E-state index contributed by atoms with van der Waals surface area (Å²) < 4.78 is 0. The first-order valence-corrected chi connectivity index (χ1v) is 5.22. The van der Waals surface area contributed by atoms with Gasteiger partial charge < -0.3 is 0 Å². The topological polar surface area (TPSA) is 25.8 Å². The van der Waals surface area contributed by atoms with Crippen molar-refractivity contribution < 1.29 is 0 Å². The lowest BCUT2D eigenvalue weighted by Crippen LogP contribution is -1.94. The van der Waals surface area contributed by atoms with Crippen LogP contribution in [0, 0.1) is 0 Å². The molecular weight excluding hydrogens is 231 g/mol. The minimum absolute atomic E-state index is 0.263. The zero-order valence-electron chi connectivity index (χ0n) is 7.82. The van der Waals surface area contributed by atoms with Crippen molar-refractivity contribution in [3.63, 3.8) is 0 Å². The standard InChI is InChI=1S/C11H8Cl2N2/c12-10-4-2-1-3-8(10)7-9-5-6-14-11(13)15-9/h1-6H,7H2. The lowest BCUT2D eigenvalue weighted by atomic mass is 10.1. The Balaban J connectivity index is 2.26. The smallest absolute Gasteiger partial charge is 0.222 e. The average Bonchev–Trinajstić information content (AvgIpc) is 2.22. The van der Waals surface area contributed by atoms with E-state index < -0.39 is 0 Å². The van der Waals surface area contributed by atoms with E-state index in [1.54, 1.807) is 6.20 Å². The van der Waals surface area contributed by atoms with Gasteiger partial charge in [-0.25, -0.2) is 9.97 Å². The molecule has 0 spiro atoms. The first-order chi connectivity index (χ1) is 7.25. The molecule has 0 amide bonds. The quantitative estimate of drug-likeness (QED) is 0.751. The third-order valence-electron chi connectivity index (χ3n) is 2.01. The van der Waals surface area contributed by atoms with Gasteiger partial charge in [0, 0.05) is 23.3 Å². The van der Waals surface area contributed by atoms with Crippen LogP contribution in [-0.2, 0) is 6.42 Å². The second kappa shape index (κ2) is 4.60. The molecule has 2 aromatic rings. The molecule has 0 bridgehead atoms. The van der Waals surface area contributed by atoms with Gasteiger partial charge in [0.25, 0.3) is 0 Å². The molecule has 0 saturated heterocycles. The number of halogens is 2. The summed E-state index contributed by atoms with van der Waals surface area (Å²) in [6.07, 6.45) is 2.31. The fourth-order valence-corrected chi connectivity index (χ4v) is 1.67. The molecule has 15 heavy (non-hydrogen) atoms. The summed E-state index contributed by atoms with van der Waals surface area (Å²) in [6, 6.07) is 9.51. The van der Waals surface area contributed by atoms with Gasteiger partial charge in [-0.3, -0.25) is 0 Å². The van der Waals surface area contributed by atoms with Gasteiger partial charge in [0.15, 0.2) is 0 Å². The van der Waals surface area contributed by atoms with Crippen LogP contribution in [0.15, 0.2) is 36.5 Å². The Morgan fingerprint density at radius 1 is 1.07 bits per heavy atom. The molecule has 0 radical (unpaired) electrons. The summed E-state index contributed by atoms with van der Waals surface area (Å²) in [7, 11) is 0. The molecule has 1 aromatic carbocycles. The van der Waals surface area contributed by atoms with Crippen LogP contribution >= 0.6 is 23.2 Å². The number of hydrogen-bond acceptors (Lipinski definition) is 2. The summed E-state index contributed by atoms with van der Waals surface area (Å²) in [5.74, 6) is 0. The number of rotatable bonds is 2. The minimum Gasteiger partial charge on any atom is -0.227 e. The normalized spacial score (nSPS) is 10.3. The van der Waals surface area contributed by atoms with Crippen LogP contribution in [0.25, 0.3) is 0 Å². The molecule has 76 valence electrons. The third-order valence-corrected chi connectivity index (χ3v) is 2.56. The highest BCUT2D eigenvalue weighted by molar-refractivity contribution is 6.31. The monoisotopic (exact) mass is 238 g/mol. The third kappa shape index (κ3) is 2.67. The molecule has 0 fully saturated rings. The van der Waals surface area contributed by atoms with E-state index in [1.165, 1.54) is 0 Å². The van der Waals surface area contributed by atoms with Gasteiger partial charge >= 0.3 is 0 Å². The van der Waals surface area contributed by atoms with Crippen molar-refractivity contribution in [1.82, 2.24) is 9.97 Å². The molecule has 1 heterocycles. The summed E-state index contributed by atoms with van der Waals surface area (Å²) >= 11 is 11.7. The summed E-state index contributed by atoms with van der Waals surface area (Å²) in [5, 5.41) is 1.01. The van der Waals surface area contributed by atoms with Gasteiger partial charge in [-0.15, -0.1) is 0 Å². The van der Waals surface area contributed by atoms with Crippen molar-refractivity contribution in [2.24, 2.45) is 0 Å². The van der Waals surface area contributed by atoms with E-state index in [2.05, 4.69) is 9.97 Å². The van der Waals surface area contributed by atoms with Gasteiger partial charge in [-0.1, -0.05) is 29.8 Å².